The molecule has 3 unspecified atom stereocenters. The van der Waals surface area contributed by atoms with Crippen molar-refractivity contribution in [3.8, 4) is 5.75 Å². The number of imide groups is 1. The van der Waals surface area contributed by atoms with Crippen molar-refractivity contribution in [3.63, 3.8) is 0 Å². The molecule has 2 aliphatic rings. The van der Waals surface area contributed by atoms with Gasteiger partial charge in [-0.1, -0.05) is 47.4 Å². The van der Waals surface area contributed by atoms with Crippen LogP contribution in [0.15, 0.2) is 82.6 Å². The van der Waals surface area contributed by atoms with Crippen molar-refractivity contribution in [1.82, 2.24) is 4.57 Å². The lowest BCUT2D eigenvalue weighted by Gasteiger charge is -2.30. The van der Waals surface area contributed by atoms with Gasteiger partial charge in [-0.3, -0.25) is 23.7 Å². The first-order valence-electron chi connectivity index (χ1n) is 12.8. The average molecular weight is 590 g/mol. The smallest absolute Gasteiger partial charge is 0.308 e. The minimum atomic E-state index is -0.841. The fourth-order valence-electron chi connectivity index (χ4n) is 5.34. The Bertz CT molecular complexity index is 1730. The molecular weight excluding hydrogens is 565 g/mol. The van der Waals surface area contributed by atoms with Gasteiger partial charge in [-0.25, -0.2) is 9.29 Å². The van der Waals surface area contributed by atoms with Crippen molar-refractivity contribution in [3.05, 3.63) is 104 Å². The summed E-state index contributed by atoms with van der Waals surface area (Å²) in [6.45, 7) is 1.67. The largest absolute Gasteiger partial charge is 0.497 e. The van der Waals surface area contributed by atoms with Crippen LogP contribution >= 0.6 is 23.1 Å². The Morgan fingerprint density at radius 1 is 1.00 bits per heavy atom. The second-order valence-electron chi connectivity index (χ2n) is 9.84. The van der Waals surface area contributed by atoms with Crippen LogP contribution in [0.1, 0.15) is 21.9 Å². The number of thiazole rings is 1. The molecule has 3 heterocycles. The molecular formula is C30H24FN3O5S2. The predicted molar refractivity (Wildman–Crippen MR) is 155 cm³/mol. The number of carbonyl (C=O) groups excluding carboxylic acids is 3. The molecule has 41 heavy (non-hydrogen) atoms. The number of aromatic nitrogens is 1. The van der Waals surface area contributed by atoms with Crippen LogP contribution in [-0.4, -0.2) is 34.6 Å². The SMILES string of the molecule is COc1ccc(C2c3sc(=O)n(CC(=O)Nc4cccc(C)c4)c3SC3C(=O)N(c4ccc(F)cc4)C(=O)C32)cc1. The molecule has 3 amide bonds. The molecule has 1 aromatic heterocycles. The molecule has 8 nitrogen and oxygen atoms in total. The van der Waals surface area contributed by atoms with E-state index in [4.69, 9.17) is 4.74 Å². The minimum Gasteiger partial charge on any atom is -0.497 e. The summed E-state index contributed by atoms with van der Waals surface area (Å²) in [6.07, 6.45) is 0. The highest BCUT2D eigenvalue weighted by Gasteiger charge is 2.56. The Hall–Kier alpha value is -4.22. The number of ether oxygens (including phenoxy) is 1. The Balaban J connectivity index is 1.41. The number of rotatable bonds is 6. The van der Waals surface area contributed by atoms with Gasteiger partial charge in [-0.05, 0) is 66.6 Å². The molecule has 1 N–H and O–H groups in total. The van der Waals surface area contributed by atoms with Gasteiger partial charge >= 0.3 is 4.87 Å². The first-order chi connectivity index (χ1) is 19.7. The summed E-state index contributed by atoms with van der Waals surface area (Å²) in [6, 6.07) is 19.7. The number of carbonyl (C=O) groups is 3. The molecule has 2 aliphatic heterocycles. The van der Waals surface area contributed by atoms with Crippen molar-refractivity contribution < 1.29 is 23.5 Å². The fraction of sp³-hybridized carbons (Fsp3) is 0.200. The molecule has 0 saturated carbocycles. The molecule has 1 saturated heterocycles. The molecule has 6 rings (SSSR count). The van der Waals surface area contributed by atoms with E-state index in [-0.39, 0.29) is 23.0 Å². The number of methoxy groups -OCH3 is 1. The molecule has 0 radical (unpaired) electrons. The zero-order valence-corrected chi connectivity index (χ0v) is 23.6. The zero-order valence-electron chi connectivity index (χ0n) is 22.0. The Morgan fingerprint density at radius 3 is 2.41 bits per heavy atom. The summed E-state index contributed by atoms with van der Waals surface area (Å²) in [4.78, 5) is 55.3. The predicted octanol–water partition coefficient (Wildman–Crippen LogP) is 4.80. The van der Waals surface area contributed by atoms with Crippen molar-refractivity contribution in [1.29, 1.82) is 0 Å². The molecule has 0 spiro atoms. The number of amides is 3. The summed E-state index contributed by atoms with van der Waals surface area (Å²) >= 11 is 2.10. The van der Waals surface area contributed by atoms with Crippen molar-refractivity contribution in [2.75, 3.05) is 17.3 Å². The number of hydrogen-bond donors (Lipinski definition) is 1. The maximum absolute atomic E-state index is 13.9. The maximum atomic E-state index is 13.9. The van der Waals surface area contributed by atoms with Gasteiger partial charge in [0.1, 0.15) is 23.4 Å². The van der Waals surface area contributed by atoms with E-state index in [0.717, 1.165) is 39.1 Å². The van der Waals surface area contributed by atoms with Crippen LogP contribution in [0, 0.1) is 18.7 Å². The Morgan fingerprint density at radius 2 is 1.73 bits per heavy atom. The van der Waals surface area contributed by atoms with Crippen molar-refractivity contribution >= 4 is 52.2 Å². The summed E-state index contributed by atoms with van der Waals surface area (Å²) in [5.41, 5.74) is 2.61. The van der Waals surface area contributed by atoms with Gasteiger partial charge < -0.3 is 10.1 Å². The zero-order chi connectivity index (χ0) is 28.8. The van der Waals surface area contributed by atoms with Crippen LogP contribution in [0.2, 0.25) is 0 Å². The van der Waals surface area contributed by atoms with Crippen LogP contribution < -0.4 is 19.8 Å². The molecule has 4 aromatic rings. The monoisotopic (exact) mass is 589 g/mol. The normalized spacial score (nSPS) is 19.6. The van der Waals surface area contributed by atoms with E-state index in [0.29, 0.717) is 21.3 Å². The summed E-state index contributed by atoms with van der Waals surface area (Å²) in [7, 11) is 1.55. The number of nitrogens with zero attached hydrogens (tertiary/aromatic N) is 2. The molecule has 208 valence electrons. The van der Waals surface area contributed by atoms with E-state index in [9.17, 15) is 23.6 Å². The lowest BCUT2D eigenvalue weighted by atomic mass is 9.83. The van der Waals surface area contributed by atoms with Gasteiger partial charge in [0.25, 0.3) is 0 Å². The number of fused-ring (bicyclic) bond motifs is 2. The van der Waals surface area contributed by atoms with Gasteiger partial charge in [-0.15, -0.1) is 0 Å². The lowest BCUT2D eigenvalue weighted by molar-refractivity contribution is -0.122. The lowest BCUT2D eigenvalue weighted by Crippen LogP contribution is -2.33. The van der Waals surface area contributed by atoms with Gasteiger partial charge in [0.05, 0.1) is 23.7 Å². The highest BCUT2D eigenvalue weighted by atomic mass is 32.2. The number of nitrogens with one attached hydrogen (secondary N) is 1. The number of hydrogen-bond acceptors (Lipinski definition) is 7. The molecule has 11 heteroatoms. The van der Waals surface area contributed by atoms with Gasteiger partial charge in [0.2, 0.25) is 17.7 Å². The van der Waals surface area contributed by atoms with E-state index in [2.05, 4.69) is 5.32 Å². The molecule has 3 aromatic carbocycles. The first-order valence-corrected chi connectivity index (χ1v) is 14.5. The number of halogens is 1. The number of anilines is 2. The topological polar surface area (TPSA) is 97.7 Å². The highest BCUT2D eigenvalue weighted by molar-refractivity contribution is 8.00. The van der Waals surface area contributed by atoms with Crippen LogP contribution in [0.25, 0.3) is 0 Å². The van der Waals surface area contributed by atoms with Crippen molar-refractivity contribution in [2.45, 2.75) is 29.7 Å². The number of thioether (sulfide) groups is 1. The van der Waals surface area contributed by atoms with Crippen molar-refractivity contribution in [2.24, 2.45) is 5.92 Å². The third-order valence-electron chi connectivity index (χ3n) is 7.21. The van der Waals surface area contributed by atoms with Gasteiger partial charge in [0, 0.05) is 16.5 Å². The van der Waals surface area contributed by atoms with E-state index < -0.39 is 34.7 Å². The third-order valence-corrected chi connectivity index (χ3v) is 9.82. The van der Waals surface area contributed by atoms with Crippen LogP contribution in [0.4, 0.5) is 15.8 Å². The van der Waals surface area contributed by atoms with Gasteiger partial charge in [-0.2, -0.15) is 0 Å². The molecule has 1 fully saturated rings. The average Bonchev–Trinajstić information content (AvgIpc) is 3.40. The Labute approximate surface area is 242 Å². The minimum absolute atomic E-state index is 0.248. The van der Waals surface area contributed by atoms with E-state index in [1.54, 1.807) is 25.3 Å². The molecule has 3 atom stereocenters. The second-order valence-corrected chi connectivity index (χ2v) is 12.0. The first kappa shape index (κ1) is 27.0. The Kier molecular flexibility index (Phi) is 7.00. The summed E-state index contributed by atoms with van der Waals surface area (Å²) in [5.74, 6) is -2.52. The summed E-state index contributed by atoms with van der Waals surface area (Å²) in [5, 5.41) is 2.48. The van der Waals surface area contributed by atoms with Crippen LogP contribution in [0.3, 0.4) is 0 Å². The standard InChI is InChI=1S/C30H24FN3O5S2/c1-16-4-3-5-19(14-16)32-22(35)15-33-29-26(41-30(33)38)23(17-6-12-21(39-2)13-7-17)24-25(40-29)28(37)34(27(24)36)20-10-8-18(31)9-11-20/h3-14,23-25H,15H2,1-2H3,(H,32,35). The van der Waals surface area contributed by atoms with E-state index >= 15 is 0 Å². The number of aryl methyl sites for hydroxylation is 1. The highest BCUT2D eigenvalue weighted by Crippen LogP contribution is 2.54. The number of benzene rings is 3. The maximum Gasteiger partial charge on any atom is 0.308 e. The summed E-state index contributed by atoms with van der Waals surface area (Å²) < 4.78 is 20.3. The molecule has 0 aliphatic carbocycles. The van der Waals surface area contributed by atoms with E-state index in [1.165, 1.54) is 28.8 Å². The van der Waals surface area contributed by atoms with Gasteiger partial charge in [0.15, 0.2) is 0 Å². The van der Waals surface area contributed by atoms with E-state index in [1.807, 2.05) is 37.3 Å². The second kappa shape index (κ2) is 10.6. The third kappa shape index (κ3) is 4.85. The van der Waals surface area contributed by atoms with Crippen LogP contribution in [0.5, 0.6) is 5.75 Å². The van der Waals surface area contributed by atoms with Crippen LogP contribution in [-0.2, 0) is 20.9 Å². The fourth-order valence-corrected chi connectivity index (χ4v) is 8.11. The molecule has 0 bridgehead atoms. The quantitative estimate of drug-likeness (QED) is 0.325.